The second-order valence-corrected chi connectivity index (χ2v) is 9.12. The molecule has 0 aliphatic carbocycles. The molecule has 2 aromatic rings. The van der Waals surface area contributed by atoms with Crippen LogP contribution in [0.5, 0.6) is 17.2 Å². The minimum absolute atomic E-state index is 0.0483. The van der Waals surface area contributed by atoms with Crippen molar-refractivity contribution in [3.05, 3.63) is 48.0 Å². The first-order valence-corrected chi connectivity index (χ1v) is 12.3. The van der Waals surface area contributed by atoms with Crippen LogP contribution in [-0.4, -0.2) is 47.3 Å². The molecule has 1 aromatic carbocycles. The zero-order valence-electron chi connectivity index (χ0n) is 21.8. The Morgan fingerprint density at radius 3 is 2.42 bits per heavy atom. The van der Waals surface area contributed by atoms with Gasteiger partial charge in [0.15, 0.2) is 17.2 Å². The van der Waals surface area contributed by atoms with Crippen LogP contribution < -0.4 is 14.8 Å². The van der Waals surface area contributed by atoms with Gasteiger partial charge in [0.25, 0.3) is 5.91 Å². The molecule has 3 atom stereocenters. The highest BCUT2D eigenvalue weighted by Gasteiger charge is 2.33. The molecule has 198 valence electrons. The summed E-state index contributed by atoms with van der Waals surface area (Å²) in [6, 6.07) is 6.27. The summed E-state index contributed by atoms with van der Waals surface area (Å²) in [5, 5.41) is 12.9. The number of ether oxygens (including phenoxy) is 3. The van der Waals surface area contributed by atoms with Crippen molar-refractivity contribution in [3.63, 3.8) is 0 Å². The lowest BCUT2D eigenvalue weighted by atomic mass is 9.93. The predicted molar refractivity (Wildman–Crippen MR) is 134 cm³/mol. The van der Waals surface area contributed by atoms with Crippen LogP contribution in [0.15, 0.2) is 36.5 Å². The summed E-state index contributed by atoms with van der Waals surface area (Å²) < 4.78 is 30.6. The summed E-state index contributed by atoms with van der Waals surface area (Å²) >= 11 is 0. The molecule has 36 heavy (non-hydrogen) atoms. The largest absolute Gasteiger partial charge is 0.503 e. The van der Waals surface area contributed by atoms with Gasteiger partial charge in [0.05, 0.1) is 7.11 Å². The molecule has 0 unspecified atom stereocenters. The van der Waals surface area contributed by atoms with Gasteiger partial charge in [0.1, 0.15) is 29.8 Å². The van der Waals surface area contributed by atoms with E-state index in [1.807, 2.05) is 27.7 Å². The standard InChI is InChI=1S/C27H37FN2O6/c1-7-18(8-2)25(36-20-11-9-10-19(28)15-20)17(5)35-27(33)21(14-16(3)4)30-26(32)23-24(31)22(34-6)12-13-29-23/h9-13,15-18,21,25,31H,7-8,14H2,1-6H3,(H,30,32)/t17-,21-,25+/m0/s1. The Kier molecular flexibility index (Phi) is 11.0. The first-order chi connectivity index (χ1) is 17.1. The molecule has 0 bridgehead atoms. The fraction of sp³-hybridized carbons (Fsp3) is 0.519. The molecular weight excluding hydrogens is 467 g/mol. The molecule has 1 heterocycles. The maximum absolute atomic E-state index is 13.7. The quantitative estimate of drug-likeness (QED) is 0.374. The third-order valence-corrected chi connectivity index (χ3v) is 5.97. The highest BCUT2D eigenvalue weighted by Crippen LogP contribution is 2.28. The van der Waals surface area contributed by atoms with E-state index < -0.39 is 41.7 Å². The Balaban J connectivity index is 2.22. The van der Waals surface area contributed by atoms with Crippen LogP contribution in [-0.2, 0) is 9.53 Å². The van der Waals surface area contributed by atoms with Crippen molar-refractivity contribution in [1.29, 1.82) is 0 Å². The Morgan fingerprint density at radius 2 is 1.83 bits per heavy atom. The Morgan fingerprint density at radius 1 is 1.14 bits per heavy atom. The van der Waals surface area contributed by atoms with Crippen molar-refractivity contribution in [3.8, 4) is 17.2 Å². The molecule has 0 saturated heterocycles. The number of hydrogen-bond acceptors (Lipinski definition) is 7. The molecule has 0 fully saturated rings. The summed E-state index contributed by atoms with van der Waals surface area (Å²) in [4.78, 5) is 30.0. The number of carbonyl (C=O) groups is 2. The molecule has 0 radical (unpaired) electrons. The molecule has 1 aromatic heterocycles. The van der Waals surface area contributed by atoms with Crippen LogP contribution in [0.2, 0.25) is 0 Å². The van der Waals surface area contributed by atoms with Crippen LogP contribution in [0.25, 0.3) is 0 Å². The number of nitrogens with zero attached hydrogens (tertiary/aromatic N) is 1. The molecule has 0 saturated carbocycles. The average molecular weight is 505 g/mol. The first kappa shape index (κ1) is 28.9. The van der Waals surface area contributed by atoms with Crippen LogP contribution >= 0.6 is 0 Å². The highest BCUT2D eigenvalue weighted by atomic mass is 19.1. The van der Waals surface area contributed by atoms with Gasteiger partial charge in [-0.05, 0) is 50.2 Å². The maximum Gasteiger partial charge on any atom is 0.329 e. The maximum atomic E-state index is 13.7. The van der Waals surface area contributed by atoms with E-state index in [4.69, 9.17) is 14.2 Å². The Hall–Kier alpha value is -3.36. The molecule has 2 N–H and O–H groups in total. The van der Waals surface area contributed by atoms with Crippen molar-refractivity contribution >= 4 is 11.9 Å². The third-order valence-electron chi connectivity index (χ3n) is 5.97. The zero-order chi connectivity index (χ0) is 26.8. The minimum atomic E-state index is -0.983. The molecule has 0 aliphatic heterocycles. The van der Waals surface area contributed by atoms with E-state index in [0.717, 1.165) is 12.8 Å². The SMILES string of the molecule is CCC(CC)[C@H](Oc1cccc(F)c1)[C@H](C)OC(=O)[C@H](CC(C)C)NC(=O)c1nccc(OC)c1O. The van der Waals surface area contributed by atoms with Gasteiger partial charge in [-0.3, -0.25) is 4.79 Å². The monoisotopic (exact) mass is 504 g/mol. The summed E-state index contributed by atoms with van der Waals surface area (Å²) in [7, 11) is 1.36. The van der Waals surface area contributed by atoms with E-state index >= 15 is 0 Å². The number of rotatable bonds is 13. The molecule has 1 amide bonds. The number of methoxy groups -OCH3 is 1. The van der Waals surface area contributed by atoms with E-state index in [0.29, 0.717) is 12.2 Å². The lowest BCUT2D eigenvalue weighted by Gasteiger charge is -2.32. The third kappa shape index (κ3) is 7.83. The topological polar surface area (TPSA) is 107 Å². The Labute approximate surface area is 212 Å². The van der Waals surface area contributed by atoms with Crippen molar-refractivity contribution in [1.82, 2.24) is 10.3 Å². The van der Waals surface area contributed by atoms with E-state index in [9.17, 15) is 19.1 Å². The van der Waals surface area contributed by atoms with Crippen LogP contribution in [0, 0.1) is 17.7 Å². The smallest absolute Gasteiger partial charge is 0.329 e. The number of carbonyl (C=O) groups excluding carboxylic acids is 2. The molecular formula is C27H37FN2O6. The van der Waals surface area contributed by atoms with Crippen molar-refractivity contribution in [2.24, 2.45) is 11.8 Å². The van der Waals surface area contributed by atoms with Gasteiger partial charge >= 0.3 is 5.97 Å². The van der Waals surface area contributed by atoms with Gasteiger partial charge in [-0.1, -0.05) is 33.8 Å². The van der Waals surface area contributed by atoms with Crippen LogP contribution in [0.1, 0.15) is 64.4 Å². The fourth-order valence-electron chi connectivity index (χ4n) is 4.04. The second kappa shape index (κ2) is 13.7. The average Bonchev–Trinajstić information content (AvgIpc) is 2.83. The van der Waals surface area contributed by atoms with Gasteiger partial charge in [0, 0.05) is 18.3 Å². The lowest BCUT2D eigenvalue weighted by Crippen LogP contribution is -2.47. The first-order valence-electron chi connectivity index (χ1n) is 12.3. The normalized spacial score (nSPS) is 13.7. The van der Waals surface area contributed by atoms with E-state index in [2.05, 4.69) is 10.3 Å². The van der Waals surface area contributed by atoms with E-state index in [1.165, 1.54) is 31.5 Å². The number of amides is 1. The van der Waals surface area contributed by atoms with Gasteiger partial charge in [-0.15, -0.1) is 0 Å². The highest BCUT2D eigenvalue weighted by molar-refractivity contribution is 5.97. The fourth-order valence-corrected chi connectivity index (χ4v) is 4.04. The summed E-state index contributed by atoms with van der Waals surface area (Å²) in [5.41, 5.74) is -0.256. The van der Waals surface area contributed by atoms with E-state index in [1.54, 1.807) is 19.1 Å². The van der Waals surface area contributed by atoms with Crippen molar-refractivity contribution in [2.75, 3.05) is 7.11 Å². The van der Waals surface area contributed by atoms with Crippen molar-refractivity contribution in [2.45, 2.75) is 72.1 Å². The van der Waals surface area contributed by atoms with Gasteiger partial charge in [0.2, 0.25) is 0 Å². The lowest BCUT2D eigenvalue weighted by molar-refractivity contribution is -0.157. The van der Waals surface area contributed by atoms with Gasteiger partial charge in [-0.2, -0.15) is 0 Å². The summed E-state index contributed by atoms with van der Waals surface area (Å²) in [6.45, 7) is 9.58. The molecule has 0 spiro atoms. The number of halogens is 1. The number of hydrogen-bond donors (Lipinski definition) is 2. The molecule has 9 heteroatoms. The molecule has 8 nitrogen and oxygen atoms in total. The molecule has 2 rings (SSSR count). The number of esters is 1. The number of nitrogens with one attached hydrogen (secondary N) is 1. The van der Waals surface area contributed by atoms with Crippen molar-refractivity contribution < 1.29 is 33.3 Å². The minimum Gasteiger partial charge on any atom is -0.503 e. The number of aromatic nitrogens is 1. The zero-order valence-corrected chi connectivity index (χ0v) is 21.8. The van der Waals surface area contributed by atoms with Crippen LogP contribution in [0.3, 0.4) is 0 Å². The van der Waals surface area contributed by atoms with Gasteiger partial charge < -0.3 is 24.6 Å². The number of pyridine rings is 1. The molecule has 0 aliphatic rings. The van der Waals surface area contributed by atoms with E-state index in [-0.39, 0.29) is 23.3 Å². The van der Waals surface area contributed by atoms with Crippen LogP contribution in [0.4, 0.5) is 4.39 Å². The number of aromatic hydroxyl groups is 1. The summed E-state index contributed by atoms with van der Waals surface area (Å²) in [5.74, 6) is -1.65. The number of benzene rings is 1. The summed E-state index contributed by atoms with van der Waals surface area (Å²) in [6.07, 6.45) is 1.97. The Bertz CT molecular complexity index is 1010. The predicted octanol–water partition coefficient (Wildman–Crippen LogP) is 4.89. The van der Waals surface area contributed by atoms with Gasteiger partial charge in [-0.25, -0.2) is 14.2 Å². The second-order valence-electron chi connectivity index (χ2n) is 9.12.